The normalized spacial score (nSPS) is 11.4. The fourth-order valence-corrected chi connectivity index (χ4v) is 3.76. The number of carbonyl (C=O) groups is 1. The molecule has 0 fully saturated rings. The number of carbonyl (C=O) groups excluding carboxylic acids is 1. The van der Waals surface area contributed by atoms with Gasteiger partial charge in [0, 0.05) is 17.8 Å². The first-order valence-electron chi connectivity index (χ1n) is 7.40. The van der Waals surface area contributed by atoms with Crippen LogP contribution in [0.2, 0.25) is 5.02 Å². The number of anilines is 1. The van der Waals surface area contributed by atoms with Gasteiger partial charge in [0.05, 0.1) is 13.7 Å². The summed E-state index contributed by atoms with van der Waals surface area (Å²) in [6.07, 6.45) is 0. The molecular formula is C17H19ClN2O4S. The smallest absolute Gasteiger partial charge is 0.246 e. The zero-order valence-electron chi connectivity index (χ0n) is 14.1. The van der Waals surface area contributed by atoms with Crippen LogP contribution in [0.5, 0.6) is 5.75 Å². The molecule has 134 valence electrons. The monoisotopic (exact) mass is 382 g/mol. The topological polar surface area (TPSA) is 75.7 Å². The van der Waals surface area contributed by atoms with Gasteiger partial charge in [-0.25, -0.2) is 8.42 Å². The van der Waals surface area contributed by atoms with Gasteiger partial charge in [-0.3, -0.25) is 4.79 Å². The molecular weight excluding hydrogens is 364 g/mol. The van der Waals surface area contributed by atoms with Gasteiger partial charge in [-0.05, 0) is 42.8 Å². The van der Waals surface area contributed by atoms with Crippen molar-refractivity contribution in [3.63, 3.8) is 0 Å². The molecule has 1 amide bonds. The van der Waals surface area contributed by atoms with Crippen LogP contribution in [-0.4, -0.2) is 39.3 Å². The van der Waals surface area contributed by atoms with Crippen molar-refractivity contribution in [2.45, 2.75) is 11.8 Å². The third-order valence-electron chi connectivity index (χ3n) is 3.48. The minimum Gasteiger partial charge on any atom is -0.495 e. The lowest BCUT2D eigenvalue weighted by Gasteiger charge is -2.19. The Labute approximate surface area is 152 Å². The van der Waals surface area contributed by atoms with Crippen molar-refractivity contribution in [3.8, 4) is 5.75 Å². The lowest BCUT2D eigenvalue weighted by atomic mass is 10.2. The van der Waals surface area contributed by atoms with E-state index in [1.165, 1.54) is 20.2 Å². The molecule has 0 aromatic heterocycles. The maximum absolute atomic E-state index is 12.8. The molecule has 1 N–H and O–H groups in total. The van der Waals surface area contributed by atoms with E-state index in [4.69, 9.17) is 16.3 Å². The molecule has 2 rings (SSSR count). The lowest BCUT2D eigenvalue weighted by molar-refractivity contribution is -0.116. The molecule has 0 heterocycles. The summed E-state index contributed by atoms with van der Waals surface area (Å²) in [7, 11) is -1.14. The van der Waals surface area contributed by atoms with Gasteiger partial charge in [-0.1, -0.05) is 23.7 Å². The second-order valence-electron chi connectivity index (χ2n) is 5.47. The van der Waals surface area contributed by atoms with E-state index in [0.717, 1.165) is 9.87 Å². The molecule has 0 radical (unpaired) electrons. The molecule has 2 aromatic rings. The Morgan fingerprint density at radius 2 is 1.96 bits per heavy atom. The average Bonchev–Trinajstić information content (AvgIpc) is 2.54. The molecule has 8 heteroatoms. The number of rotatable bonds is 6. The summed E-state index contributed by atoms with van der Waals surface area (Å²) >= 11 is 5.86. The minimum absolute atomic E-state index is 0.0213. The predicted molar refractivity (Wildman–Crippen MR) is 97.6 cm³/mol. The van der Waals surface area contributed by atoms with Gasteiger partial charge in [0.25, 0.3) is 0 Å². The van der Waals surface area contributed by atoms with Crippen LogP contribution in [0, 0.1) is 6.92 Å². The Morgan fingerprint density at radius 3 is 2.60 bits per heavy atom. The summed E-state index contributed by atoms with van der Waals surface area (Å²) in [5, 5.41) is 3.09. The van der Waals surface area contributed by atoms with Gasteiger partial charge >= 0.3 is 0 Å². The maximum atomic E-state index is 12.8. The molecule has 0 bridgehead atoms. The summed E-state index contributed by atoms with van der Waals surface area (Å²) in [6, 6.07) is 11.5. The number of aryl methyl sites for hydroxylation is 1. The number of nitrogens with zero attached hydrogens (tertiary/aromatic N) is 1. The van der Waals surface area contributed by atoms with Crippen molar-refractivity contribution in [1.82, 2.24) is 4.31 Å². The molecule has 0 aliphatic rings. The van der Waals surface area contributed by atoms with Crippen molar-refractivity contribution in [1.29, 1.82) is 0 Å². The highest BCUT2D eigenvalue weighted by Crippen LogP contribution is 2.27. The van der Waals surface area contributed by atoms with Crippen molar-refractivity contribution in [2.24, 2.45) is 0 Å². The van der Waals surface area contributed by atoms with Crippen molar-refractivity contribution in [2.75, 3.05) is 26.0 Å². The SMILES string of the molecule is COc1ccc(C)cc1S(=O)(=O)N(C)CC(=O)Nc1cccc(Cl)c1. The van der Waals surface area contributed by atoms with Crippen LogP contribution in [0.25, 0.3) is 0 Å². The van der Waals surface area contributed by atoms with Crippen LogP contribution in [0.1, 0.15) is 5.56 Å². The predicted octanol–water partition coefficient (Wildman–Crippen LogP) is 2.92. The van der Waals surface area contributed by atoms with Gasteiger partial charge < -0.3 is 10.1 Å². The third kappa shape index (κ3) is 4.72. The Hall–Kier alpha value is -2.09. The van der Waals surface area contributed by atoms with Crippen LogP contribution in [0.3, 0.4) is 0 Å². The first kappa shape index (κ1) is 19.2. The second-order valence-corrected chi connectivity index (χ2v) is 7.92. The number of hydrogen-bond donors (Lipinski definition) is 1. The van der Waals surface area contributed by atoms with Crippen LogP contribution >= 0.6 is 11.6 Å². The zero-order chi connectivity index (χ0) is 18.6. The number of hydrogen-bond acceptors (Lipinski definition) is 4. The molecule has 6 nitrogen and oxygen atoms in total. The molecule has 0 aliphatic carbocycles. The van der Waals surface area contributed by atoms with E-state index < -0.39 is 15.9 Å². The standard InChI is InChI=1S/C17H19ClN2O4S/c1-12-7-8-15(24-3)16(9-12)25(22,23)20(2)11-17(21)19-14-6-4-5-13(18)10-14/h4-10H,11H2,1-3H3,(H,19,21). The molecule has 0 unspecified atom stereocenters. The van der Waals surface area contributed by atoms with Crippen LogP contribution < -0.4 is 10.1 Å². The molecule has 0 saturated heterocycles. The summed E-state index contributed by atoms with van der Waals surface area (Å²) in [5.41, 5.74) is 1.27. The molecule has 0 saturated carbocycles. The zero-order valence-corrected chi connectivity index (χ0v) is 15.7. The molecule has 25 heavy (non-hydrogen) atoms. The number of amides is 1. The quantitative estimate of drug-likeness (QED) is 0.833. The van der Waals surface area contributed by atoms with Crippen LogP contribution in [0.15, 0.2) is 47.4 Å². The van der Waals surface area contributed by atoms with E-state index in [0.29, 0.717) is 10.7 Å². The summed E-state index contributed by atoms with van der Waals surface area (Å²) in [4.78, 5) is 12.2. The highest BCUT2D eigenvalue weighted by Gasteiger charge is 2.26. The largest absolute Gasteiger partial charge is 0.495 e. The number of likely N-dealkylation sites (N-methyl/N-ethyl adjacent to an activating group) is 1. The van der Waals surface area contributed by atoms with E-state index in [1.54, 1.807) is 43.3 Å². The minimum atomic E-state index is -3.88. The summed E-state index contributed by atoms with van der Waals surface area (Å²) < 4.78 is 31.6. The molecule has 0 atom stereocenters. The molecule has 0 aliphatic heterocycles. The van der Waals surface area contributed by atoms with Gasteiger partial charge in [0.2, 0.25) is 15.9 Å². The van der Waals surface area contributed by atoms with Crippen molar-refractivity contribution >= 4 is 33.2 Å². The fraction of sp³-hybridized carbons (Fsp3) is 0.235. The van der Waals surface area contributed by atoms with E-state index in [1.807, 2.05) is 0 Å². The Balaban J connectivity index is 2.17. The third-order valence-corrected chi connectivity index (χ3v) is 5.54. The van der Waals surface area contributed by atoms with Gasteiger partial charge in [0.15, 0.2) is 0 Å². The van der Waals surface area contributed by atoms with E-state index in [-0.39, 0.29) is 17.2 Å². The summed E-state index contributed by atoms with van der Waals surface area (Å²) in [6.45, 7) is 1.44. The van der Waals surface area contributed by atoms with Gasteiger partial charge in [-0.15, -0.1) is 0 Å². The lowest BCUT2D eigenvalue weighted by Crippen LogP contribution is -2.35. The van der Waals surface area contributed by atoms with Crippen molar-refractivity contribution < 1.29 is 17.9 Å². The molecule has 0 spiro atoms. The highest BCUT2D eigenvalue weighted by atomic mass is 35.5. The van der Waals surface area contributed by atoms with E-state index in [2.05, 4.69) is 5.32 Å². The first-order valence-corrected chi connectivity index (χ1v) is 9.22. The Bertz CT molecular complexity index is 884. The number of nitrogens with one attached hydrogen (secondary N) is 1. The maximum Gasteiger partial charge on any atom is 0.246 e. The van der Waals surface area contributed by atoms with E-state index >= 15 is 0 Å². The Kier molecular flexibility index (Phi) is 6.05. The van der Waals surface area contributed by atoms with Crippen LogP contribution in [-0.2, 0) is 14.8 Å². The van der Waals surface area contributed by atoms with Crippen molar-refractivity contribution in [3.05, 3.63) is 53.1 Å². The van der Waals surface area contributed by atoms with Crippen LogP contribution in [0.4, 0.5) is 5.69 Å². The van der Waals surface area contributed by atoms with Gasteiger partial charge in [0.1, 0.15) is 10.6 Å². The number of halogens is 1. The number of ether oxygens (including phenoxy) is 1. The first-order chi connectivity index (χ1) is 11.7. The number of benzene rings is 2. The van der Waals surface area contributed by atoms with Gasteiger partial charge in [-0.2, -0.15) is 4.31 Å². The molecule has 2 aromatic carbocycles. The second kappa shape index (κ2) is 7.86. The number of methoxy groups -OCH3 is 1. The highest BCUT2D eigenvalue weighted by molar-refractivity contribution is 7.89. The average molecular weight is 383 g/mol. The fourth-order valence-electron chi connectivity index (χ4n) is 2.21. The van der Waals surface area contributed by atoms with E-state index in [9.17, 15) is 13.2 Å². The Morgan fingerprint density at radius 1 is 1.24 bits per heavy atom. The summed E-state index contributed by atoms with van der Waals surface area (Å²) in [5.74, 6) is -0.243. The number of sulfonamides is 1.